The van der Waals surface area contributed by atoms with Crippen LogP contribution in [-0.2, 0) is 0 Å². The number of nitrogens with zero attached hydrogens (tertiary/aromatic N) is 4. The Kier molecular flexibility index (Phi) is 4.68. The Morgan fingerprint density at radius 3 is 2.59 bits per heavy atom. The third-order valence-corrected chi connectivity index (χ3v) is 2.30. The van der Waals surface area contributed by atoms with Crippen molar-refractivity contribution in [3.05, 3.63) is 18.1 Å². The molecule has 0 radical (unpaired) electrons. The Morgan fingerprint density at radius 2 is 2.18 bits per heavy atom. The smallest absolute Gasteiger partial charge is 0.190 e. The van der Waals surface area contributed by atoms with Crippen LogP contribution in [0.3, 0.4) is 0 Å². The molecule has 0 amide bonds. The highest BCUT2D eigenvalue weighted by molar-refractivity contribution is 5.94. The van der Waals surface area contributed by atoms with Crippen molar-refractivity contribution < 1.29 is 5.21 Å². The Bertz CT molecular complexity index is 374. The fourth-order valence-electron chi connectivity index (χ4n) is 1.49. The topological polar surface area (TPSA) is 87.6 Å². The molecule has 3 N–H and O–H groups in total. The fourth-order valence-corrected chi connectivity index (χ4v) is 1.49. The summed E-state index contributed by atoms with van der Waals surface area (Å²) < 4.78 is 0. The first kappa shape index (κ1) is 13.2. The number of oxime groups is 1. The number of hydrogen-bond acceptors (Lipinski definition) is 5. The molecular weight excluding hydrogens is 218 g/mol. The molecule has 0 aromatic carbocycles. The van der Waals surface area contributed by atoms with E-state index in [0.717, 1.165) is 18.9 Å². The molecule has 0 saturated carbocycles. The Balaban J connectivity index is 2.85. The molecule has 0 saturated heterocycles. The summed E-state index contributed by atoms with van der Waals surface area (Å²) in [4.78, 5) is 10.5. The normalized spacial score (nSPS) is 11.9. The van der Waals surface area contributed by atoms with Crippen molar-refractivity contribution in [3.8, 4) is 0 Å². The van der Waals surface area contributed by atoms with Gasteiger partial charge in [-0.25, -0.2) is 9.97 Å². The van der Waals surface area contributed by atoms with E-state index in [1.807, 2.05) is 0 Å². The van der Waals surface area contributed by atoms with Crippen LogP contribution in [0.4, 0.5) is 5.82 Å². The number of nitrogens with two attached hydrogens (primary N) is 1. The Hall–Kier alpha value is -1.85. The van der Waals surface area contributed by atoms with Gasteiger partial charge in [0.1, 0.15) is 11.5 Å². The highest BCUT2D eigenvalue weighted by atomic mass is 16.4. The van der Waals surface area contributed by atoms with Gasteiger partial charge < -0.3 is 15.8 Å². The molecule has 1 aromatic rings. The van der Waals surface area contributed by atoms with E-state index in [-0.39, 0.29) is 5.84 Å². The van der Waals surface area contributed by atoms with E-state index in [9.17, 15) is 0 Å². The van der Waals surface area contributed by atoms with Crippen LogP contribution in [0.25, 0.3) is 0 Å². The van der Waals surface area contributed by atoms with Crippen molar-refractivity contribution in [2.75, 3.05) is 18.0 Å². The van der Waals surface area contributed by atoms with E-state index in [1.165, 1.54) is 6.20 Å². The standard InChI is InChI=1S/C11H19N5O/c1-4-16(7-8(2)3)10-6-13-9(5-14-10)11(12)15-17/h5-6,8,17H,4,7H2,1-3H3,(H2,12,15). The lowest BCUT2D eigenvalue weighted by molar-refractivity contribution is 0.318. The number of anilines is 1. The third kappa shape index (κ3) is 3.58. The second-order valence-corrected chi connectivity index (χ2v) is 4.18. The van der Waals surface area contributed by atoms with E-state index in [2.05, 4.69) is 40.8 Å². The molecule has 1 heterocycles. The molecule has 6 nitrogen and oxygen atoms in total. The van der Waals surface area contributed by atoms with E-state index in [0.29, 0.717) is 11.6 Å². The lowest BCUT2D eigenvalue weighted by atomic mass is 10.2. The monoisotopic (exact) mass is 237 g/mol. The van der Waals surface area contributed by atoms with Gasteiger partial charge in [-0.3, -0.25) is 0 Å². The van der Waals surface area contributed by atoms with Crippen molar-refractivity contribution in [1.82, 2.24) is 9.97 Å². The molecule has 17 heavy (non-hydrogen) atoms. The highest BCUT2D eigenvalue weighted by Gasteiger charge is 2.09. The average Bonchev–Trinajstić information content (AvgIpc) is 2.35. The number of amidine groups is 1. The van der Waals surface area contributed by atoms with Crippen LogP contribution in [0.15, 0.2) is 17.5 Å². The first-order valence-corrected chi connectivity index (χ1v) is 5.63. The summed E-state index contributed by atoms with van der Waals surface area (Å²) in [6.45, 7) is 8.17. The highest BCUT2D eigenvalue weighted by Crippen LogP contribution is 2.11. The summed E-state index contributed by atoms with van der Waals surface area (Å²) >= 11 is 0. The molecule has 0 atom stereocenters. The Labute approximate surface area is 101 Å². The number of hydrogen-bond donors (Lipinski definition) is 2. The number of rotatable bonds is 5. The predicted octanol–water partition coefficient (Wildman–Crippen LogP) is 1.05. The first-order valence-electron chi connectivity index (χ1n) is 5.63. The lowest BCUT2D eigenvalue weighted by Crippen LogP contribution is -2.28. The van der Waals surface area contributed by atoms with Gasteiger partial charge in [0.05, 0.1) is 12.4 Å². The summed E-state index contributed by atoms with van der Waals surface area (Å²) in [6.07, 6.45) is 3.15. The SMILES string of the molecule is CCN(CC(C)C)c1cnc(C(N)=NO)cn1. The molecule has 0 fully saturated rings. The summed E-state index contributed by atoms with van der Waals surface area (Å²) in [5.41, 5.74) is 5.79. The van der Waals surface area contributed by atoms with Gasteiger partial charge in [0, 0.05) is 13.1 Å². The summed E-state index contributed by atoms with van der Waals surface area (Å²) in [7, 11) is 0. The van der Waals surface area contributed by atoms with Crippen LogP contribution in [0, 0.1) is 5.92 Å². The van der Waals surface area contributed by atoms with Gasteiger partial charge >= 0.3 is 0 Å². The lowest BCUT2D eigenvalue weighted by Gasteiger charge is -2.23. The molecule has 0 unspecified atom stereocenters. The third-order valence-electron chi connectivity index (χ3n) is 2.30. The van der Waals surface area contributed by atoms with E-state index < -0.39 is 0 Å². The quantitative estimate of drug-likeness (QED) is 0.346. The average molecular weight is 237 g/mol. The molecule has 1 aromatic heterocycles. The van der Waals surface area contributed by atoms with Gasteiger partial charge in [-0.05, 0) is 12.8 Å². The van der Waals surface area contributed by atoms with Crippen LogP contribution < -0.4 is 10.6 Å². The molecule has 0 bridgehead atoms. The molecule has 94 valence electrons. The van der Waals surface area contributed by atoms with Crippen molar-refractivity contribution in [1.29, 1.82) is 0 Å². The zero-order valence-electron chi connectivity index (χ0n) is 10.5. The molecule has 1 rings (SSSR count). The van der Waals surface area contributed by atoms with Crippen molar-refractivity contribution >= 4 is 11.7 Å². The summed E-state index contributed by atoms with van der Waals surface area (Å²) in [6, 6.07) is 0. The fraction of sp³-hybridized carbons (Fsp3) is 0.545. The van der Waals surface area contributed by atoms with Gasteiger partial charge in [0.15, 0.2) is 5.84 Å². The minimum absolute atomic E-state index is 0.0315. The van der Waals surface area contributed by atoms with E-state index in [4.69, 9.17) is 10.9 Å². The van der Waals surface area contributed by atoms with Crippen LogP contribution >= 0.6 is 0 Å². The first-order chi connectivity index (χ1) is 8.08. The maximum Gasteiger partial charge on any atom is 0.190 e. The summed E-state index contributed by atoms with van der Waals surface area (Å²) in [5.74, 6) is 1.33. The largest absolute Gasteiger partial charge is 0.409 e. The van der Waals surface area contributed by atoms with Crippen molar-refractivity contribution in [2.45, 2.75) is 20.8 Å². The van der Waals surface area contributed by atoms with Crippen LogP contribution in [-0.4, -0.2) is 34.1 Å². The van der Waals surface area contributed by atoms with Gasteiger partial charge in [-0.2, -0.15) is 0 Å². The maximum absolute atomic E-state index is 8.52. The molecule has 0 spiro atoms. The molecule has 0 aliphatic rings. The van der Waals surface area contributed by atoms with E-state index in [1.54, 1.807) is 6.20 Å². The minimum Gasteiger partial charge on any atom is -0.409 e. The van der Waals surface area contributed by atoms with Crippen LogP contribution in [0.2, 0.25) is 0 Å². The second kappa shape index (κ2) is 6.03. The molecular formula is C11H19N5O. The maximum atomic E-state index is 8.52. The van der Waals surface area contributed by atoms with Gasteiger partial charge in [-0.15, -0.1) is 0 Å². The molecule has 6 heteroatoms. The van der Waals surface area contributed by atoms with Gasteiger partial charge in [0.2, 0.25) is 0 Å². The minimum atomic E-state index is -0.0315. The van der Waals surface area contributed by atoms with Crippen molar-refractivity contribution in [2.24, 2.45) is 16.8 Å². The van der Waals surface area contributed by atoms with Crippen molar-refractivity contribution in [3.63, 3.8) is 0 Å². The number of aromatic nitrogens is 2. The predicted molar refractivity (Wildman–Crippen MR) is 67.3 cm³/mol. The van der Waals surface area contributed by atoms with E-state index >= 15 is 0 Å². The second-order valence-electron chi connectivity index (χ2n) is 4.18. The van der Waals surface area contributed by atoms with Gasteiger partial charge in [0.25, 0.3) is 0 Å². The van der Waals surface area contributed by atoms with Crippen LogP contribution in [0.5, 0.6) is 0 Å². The molecule has 0 aliphatic heterocycles. The van der Waals surface area contributed by atoms with Gasteiger partial charge in [-0.1, -0.05) is 19.0 Å². The Morgan fingerprint density at radius 1 is 1.47 bits per heavy atom. The summed E-state index contributed by atoms with van der Waals surface area (Å²) in [5, 5.41) is 11.4. The van der Waals surface area contributed by atoms with Crippen LogP contribution in [0.1, 0.15) is 26.5 Å². The molecule has 0 aliphatic carbocycles. The zero-order valence-corrected chi connectivity index (χ0v) is 10.5. The zero-order chi connectivity index (χ0) is 12.8.